The second-order valence-corrected chi connectivity index (χ2v) is 5.95. The zero-order valence-electron chi connectivity index (χ0n) is 13.2. The summed E-state index contributed by atoms with van der Waals surface area (Å²) in [4.78, 5) is 15.2. The molecule has 3 aromatic heterocycles. The first-order valence-corrected chi connectivity index (χ1v) is 7.94. The summed E-state index contributed by atoms with van der Waals surface area (Å²) >= 11 is 0. The first-order chi connectivity index (χ1) is 11.7. The van der Waals surface area contributed by atoms with Gasteiger partial charge >= 0.3 is 0 Å². The van der Waals surface area contributed by atoms with E-state index in [9.17, 15) is 5.11 Å². The molecule has 7 heteroatoms. The molecule has 0 radical (unpaired) electrons. The van der Waals surface area contributed by atoms with Crippen LogP contribution in [0.25, 0.3) is 5.82 Å². The molecule has 0 saturated carbocycles. The maximum absolute atomic E-state index is 10.9. The van der Waals surface area contributed by atoms with Crippen molar-refractivity contribution in [3.8, 4) is 5.82 Å². The molecular formula is C17H18N6O. The number of hydrogen-bond acceptors (Lipinski definition) is 6. The number of rotatable bonds is 3. The number of pyridine rings is 1. The first kappa shape index (κ1) is 14.8. The molecule has 0 atom stereocenters. The lowest BCUT2D eigenvalue weighted by Gasteiger charge is -2.38. The molecule has 0 bridgehead atoms. The van der Waals surface area contributed by atoms with Crippen LogP contribution < -0.4 is 4.90 Å². The van der Waals surface area contributed by atoms with E-state index in [0.717, 1.165) is 11.4 Å². The Morgan fingerprint density at radius 1 is 0.958 bits per heavy atom. The van der Waals surface area contributed by atoms with Crippen LogP contribution in [0.1, 0.15) is 18.4 Å². The van der Waals surface area contributed by atoms with Gasteiger partial charge in [0.15, 0.2) is 5.82 Å². The van der Waals surface area contributed by atoms with Crippen LogP contribution in [0.15, 0.2) is 55.4 Å². The quantitative estimate of drug-likeness (QED) is 0.788. The predicted molar refractivity (Wildman–Crippen MR) is 88.7 cm³/mol. The molecule has 1 aliphatic rings. The van der Waals surface area contributed by atoms with Crippen LogP contribution >= 0.6 is 0 Å². The highest BCUT2D eigenvalue weighted by Gasteiger charge is 2.34. The standard InChI is InChI=1S/C17H18N6O/c24-17(14-3-1-6-18-11-14)4-9-22(10-5-17)15-12-19-13-16(21-15)23-8-2-7-20-23/h1-3,6-8,11-13,24H,4-5,9-10H2. The molecule has 1 N–H and O–H groups in total. The molecule has 0 aromatic carbocycles. The van der Waals surface area contributed by atoms with E-state index in [4.69, 9.17) is 0 Å². The van der Waals surface area contributed by atoms with E-state index in [1.54, 1.807) is 35.7 Å². The smallest absolute Gasteiger partial charge is 0.173 e. The van der Waals surface area contributed by atoms with Gasteiger partial charge in [0.2, 0.25) is 0 Å². The van der Waals surface area contributed by atoms with E-state index in [-0.39, 0.29) is 0 Å². The molecule has 1 aliphatic heterocycles. The van der Waals surface area contributed by atoms with Crippen molar-refractivity contribution in [1.82, 2.24) is 24.7 Å². The summed E-state index contributed by atoms with van der Waals surface area (Å²) in [6.07, 6.45) is 11.7. The molecular weight excluding hydrogens is 304 g/mol. The predicted octanol–water partition coefficient (Wildman–Crippen LogP) is 1.55. The Hall–Kier alpha value is -2.80. The van der Waals surface area contributed by atoms with Crippen LogP contribution in [0.5, 0.6) is 0 Å². The first-order valence-electron chi connectivity index (χ1n) is 7.94. The highest BCUT2D eigenvalue weighted by Crippen LogP contribution is 2.33. The van der Waals surface area contributed by atoms with Crippen molar-refractivity contribution in [3.05, 3.63) is 60.9 Å². The normalized spacial score (nSPS) is 17.0. The SMILES string of the molecule is OC1(c2cccnc2)CCN(c2cncc(-n3cccn3)n2)CC1. The van der Waals surface area contributed by atoms with E-state index in [1.807, 2.05) is 24.4 Å². The minimum Gasteiger partial charge on any atom is -0.385 e. The van der Waals surface area contributed by atoms with Gasteiger partial charge in [0.25, 0.3) is 0 Å². The minimum atomic E-state index is -0.822. The van der Waals surface area contributed by atoms with Gasteiger partial charge in [0, 0.05) is 43.4 Å². The van der Waals surface area contributed by atoms with Gasteiger partial charge in [0.05, 0.1) is 18.0 Å². The molecule has 122 valence electrons. The van der Waals surface area contributed by atoms with Crippen molar-refractivity contribution in [1.29, 1.82) is 0 Å². The van der Waals surface area contributed by atoms with Gasteiger partial charge in [0.1, 0.15) is 5.82 Å². The molecule has 0 amide bonds. The Morgan fingerprint density at radius 3 is 2.50 bits per heavy atom. The molecule has 0 aliphatic carbocycles. The molecule has 4 rings (SSSR count). The van der Waals surface area contributed by atoms with Gasteiger partial charge in [-0.15, -0.1) is 0 Å². The topological polar surface area (TPSA) is 80.0 Å². The van der Waals surface area contributed by atoms with E-state index in [0.29, 0.717) is 31.7 Å². The highest BCUT2D eigenvalue weighted by atomic mass is 16.3. The van der Waals surface area contributed by atoms with Crippen LogP contribution in [0.4, 0.5) is 5.82 Å². The number of hydrogen-bond donors (Lipinski definition) is 1. The Kier molecular flexibility index (Phi) is 3.70. The van der Waals surface area contributed by atoms with Crippen molar-refractivity contribution < 1.29 is 5.11 Å². The van der Waals surface area contributed by atoms with Gasteiger partial charge in [-0.1, -0.05) is 6.07 Å². The molecule has 1 saturated heterocycles. The summed E-state index contributed by atoms with van der Waals surface area (Å²) in [6.45, 7) is 1.42. The van der Waals surface area contributed by atoms with E-state index >= 15 is 0 Å². The second-order valence-electron chi connectivity index (χ2n) is 5.95. The molecule has 3 aromatic rings. The summed E-state index contributed by atoms with van der Waals surface area (Å²) in [6, 6.07) is 5.64. The molecule has 24 heavy (non-hydrogen) atoms. The van der Waals surface area contributed by atoms with Gasteiger partial charge in [-0.05, 0) is 25.0 Å². The van der Waals surface area contributed by atoms with Crippen molar-refractivity contribution in [2.75, 3.05) is 18.0 Å². The number of aromatic nitrogens is 5. The zero-order chi connectivity index (χ0) is 16.4. The average Bonchev–Trinajstić information content (AvgIpc) is 3.18. The Labute approximate surface area is 139 Å². The van der Waals surface area contributed by atoms with Crippen LogP contribution in [0.3, 0.4) is 0 Å². The maximum Gasteiger partial charge on any atom is 0.173 e. The van der Waals surface area contributed by atoms with E-state index in [1.165, 1.54) is 0 Å². The molecule has 0 spiro atoms. The third-order valence-corrected chi connectivity index (χ3v) is 4.46. The fourth-order valence-electron chi connectivity index (χ4n) is 3.05. The van der Waals surface area contributed by atoms with Crippen molar-refractivity contribution in [2.24, 2.45) is 0 Å². The molecule has 4 heterocycles. The largest absolute Gasteiger partial charge is 0.385 e. The van der Waals surface area contributed by atoms with Gasteiger partial charge in [-0.25, -0.2) is 9.67 Å². The summed E-state index contributed by atoms with van der Waals surface area (Å²) < 4.78 is 1.69. The number of nitrogens with zero attached hydrogens (tertiary/aromatic N) is 6. The van der Waals surface area contributed by atoms with Crippen LogP contribution in [-0.2, 0) is 5.60 Å². The average molecular weight is 322 g/mol. The molecule has 7 nitrogen and oxygen atoms in total. The van der Waals surface area contributed by atoms with Gasteiger partial charge in [-0.3, -0.25) is 9.97 Å². The van der Waals surface area contributed by atoms with Crippen LogP contribution in [0.2, 0.25) is 0 Å². The summed E-state index contributed by atoms with van der Waals surface area (Å²) in [5.41, 5.74) is 0.0543. The Bertz CT molecular complexity index is 797. The lowest BCUT2D eigenvalue weighted by atomic mass is 9.85. The van der Waals surface area contributed by atoms with Crippen LogP contribution in [0, 0.1) is 0 Å². The lowest BCUT2D eigenvalue weighted by Crippen LogP contribution is -2.43. The van der Waals surface area contributed by atoms with Crippen molar-refractivity contribution in [3.63, 3.8) is 0 Å². The highest BCUT2D eigenvalue weighted by molar-refractivity contribution is 5.40. The Balaban J connectivity index is 1.51. The van der Waals surface area contributed by atoms with Gasteiger partial charge in [-0.2, -0.15) is 5.10 Å². The fraction of sp³-hybridized carbons (Fsp3) is 0.294. The van der Waals surface area contributed by atoms with E-state index in [2.05, 4.69) is 25.0 Å². The van der Waals surface area contributed by atoms with Crippen molar-refractivity contribution in [2.45, 2.75) is 18.4 Å². The number of aliphatic hydroxyl groups is 1. The zero-order valence-corrected chi connectivity index (χ0v) is 13.2. The van der Waals surface area contributed by atoms with Gasteiger partial charge < -0.3 is 10.0 Å². The lowest BCUT2D eigenvalue weighted by molar-refractivity contribution is 0.0113. The minimum absolute atomic E-state index is 0.631. The van der Waals surface area contributed by atoms with E-state index < -0.39 is 5.60 Å². The summed E-state index contributed by atoms with van der Waals surface area (Å²) in [7, 11) is 0. The van der Waals surface area contributed by atoms with Crippen LogP contribution in [-0.4, -0.2) is 42.9 Å². The second kappa shape index (κ2) is 6.01. The maximum atomic E-state index is 10.9. The monoisotopic (exact) mass is 322 g/mol. The molecule has 0 unspecified atom stereocenters. The molecule has 1 fully saturated rings. The Morgan fingerprint density at radius 2 is 1.79 bits per heavy atom. The van der Waals surface area contributed by atoms with Crippen molar-refractivity contribution >= 4 is 5.82 Å². The fourth-order valence-corrected chi connectivity index (χ4v) is 3.05. The third-order valence-electron chi connectivity index (χ3n) is 4.46. The number of piperidine rings is 1. The third kappa shape index (κ3) is 2.74. The summed E-state index contributed by atoms with van der Waals surface area (Å²) in [5.74, 6) is 1.49. The summed E-state index contributed by atoms with van der Waals surface area (Å²) in [5, 5.41) is 15.1. The number of anilines is 1.